The van der Waals surface area contributed by atoms with Gasteiger partial charge in [0.2, 0.25) is 5.95 Å². The highest BCUT2D eigenvalue weighted by Gasteiger charge is 2.28. The van der Waals surface area contributed by atoms with Gasteiger partial charge in [-0.1, -0.05) is 18.5 Å². The van der Waals surface area contributed by atoms with Crippen molar-refractivity contribution in [1.29, 1.82) is 0 Å². The summed E-state index contributed by atoms with van der Waals surface area (Å²) < 4.78 is 6.02. The summed E-state index contributed by atoms with van der Waals surface area (Å²) in [7, 11) is 0. The number of carbonyl (C=O) groups is 1. The first-order valence-corrected chi connectivity index (χ1v) is 9.61. The Bertz CT molecular complexity index is 769. The zero-order valence-electron chi connectivity index (χ0n) is 16.0. The van der Waals surface area contributed by atoms with E-state index < -0.39 is 6.10 Å². The molecule has 1 atom stereocenters. The van der Waals surface area contributed by atoms with Crippen LogP contribution in [0.1, 0.15) is 24.5 Å². The summed E-state index contributed by atoms with van der Waals surface area (Å²) in [5, 5.41) is 0.737. The van der Waals surface area contributed by atoms with Gasteiger partial charge in [0.1, 0.15) is 5.75 Å². The maximum absolute atomic E-state index is 12.9. The van der Waals surface area contributed by atoms with Gasteiger partial charge in [-0.15, -0.1) is 0 Å². The van der Waals surface area contributed by atoms with Gasteiger partial charge in [-0.25, -0.2) is 9.97 Å². The number of benzene rings is 1. The molecule has 2 heterocycles. The fraction of sp³-hybridized carbons (Fsp3) is 0.450. The smallest absolute Gasteiger partial charge is 0.263 e. The number of ether oxygens (including phenoxy) is 1. The molecule has 3 rings (SSSR count). The molecule has 0 bridgehead atoms. The van der Waals surface area contributed by atoms with Gasteiger partial charge in [0.15, 0.2) is 6.10 Å². The van der Waals surface area contributed by atoms with Crippen LogP contribution >= 0.6 is 11.6 Å². The summed E-state index contributed by atoms with van der Waals surface area (Å²) in [6.07, 6.45) is 3.58. The minimum Gasteiger partial charge on any atom is -0.481 e. The van der Waals surface area contributed by atoms with Crippen molar-refractivity contribution in [3.8, 4) is 5.75 Å². The molecule has 144 valence electrons. The third kappa shape index (κ3) is 4.50. The van der Waals surface area contributed by atoms with E-state index in [1.165, 1.54) is 0 Å². The Labute approximate surface area is 165 Å². The molecule has 6 nitrogen and oxygen atoms in total. The predicted octanol–water partition coefficient (Wildman–Crippen LogP) is 3.25. The lowest BCUT2D eigenvalue weighted by atomic mass is 10.1. The Morgan fingerprint density at radius 1 is 1.15 bits per heavy atom. The SMILES string of the molecule is CCC(Oc1cc(C)c(Cl)c(C)c1)C(=O)N1CCN(c2ncccn2)CC1. The van der Waals surface area contributed by atoms with E-state index >= 15 is 0 Å². The third-order valence-corrected chi connectivity index (χ3v) is 5.36. The van der Waals surface area contributed by atoms with Crippen LogP contribution in [0.3, 0.4) is 0 Å². The van der Waals surface area contributed by atoms with Crippen molar-refractivity contribution in [2.75, 3.05) is 31.1 Å². The van der Waals surface area contributed by atoms with Crippen LogP contribution in [0, 0.1) is 13.8 Å². The van der Waals surface area contributed by atoms with Gasteiger partial charge in [-0.05, 0) is 49.6 Å². The summed E-state index contributed by atoms with van der Waals surface area (Å²) >= 11 is 6.22. The second-order valence-corrected chi connectivity index (χ2v) is 7.12. The number of rotatable bonds is 5. The standard InChI is InChI=1S/C20H25ClN4O2/c1-4-17(27-16-12-14(2)18(21)15(3)13-16)19(26)24-8-10-25(11-9-24)20-22-6-5-7-23-20/h5-7,12-13,17H,4,8-11H2,1-3H3. The predicted molar refractivity (Wildman–Crippen MR) is 106 cm³/mol. The molecule has 1 aliphatic rings. The quantitative estimate of drug-likeness (QED) is 0.786. The number of carbonyl (C=O) groups excluding carboxylic acids is 1. The van der Waals surface area contributed by atoms with E-state index in [-0.39, 0.29) is 5.91 Å². The van der Waals surface area contributed by atoms with Crippen molar-refractivity contribution in [3.63, 3.8) is 0 Å². The van der Waals surface area contributed by atoms with E-state index in [0.29, 0.717) is 44.3 Å². The van der Waals surface area contributed by atoms with Crippen LogP contribution in [-0.2, 0) is 4.79 Å². The number of aryl methyl sites for hydroxylation is 2. The van der Waals surface area contributed by atoms with Gasteiger partial charge < -0.3 is 14.5 Å². The lowest BCUT2D eigenvalue weighted by molar-refractivity contribution is -0.139. The minimum absolute atomic E-state index is 0.0244. The van der Waals surface area contributed by atoms with Crippen LogP contribution in [-0.4, -0.2) is 53.1 Å². The summed E-state index contributed by atoms with van der Waals surface area (Å²) in [6, 6.07) is 5.57. The van der Waals surface area contributed by atoms with Gasteiger partial charge in [0.05, 0.1) is 0 Å². The third-order valence-electron chi connectivity index (χ3n) is 4.76. The highest BCUT2D eigenvalue weighted by atomic mass is 35.5. The number of aromatic nitrogens is 2. The molecule has 0 spiro atoms. The molecule has 1 unspecified atom stereocenters. The minimum atomic E-state index is -0.496. The Morgan fingerprint density at radius 2 is 1.74 bits per heavy atom. The molecular weight excluding hydrogens is 364 g/mol. The monoisotopic (exact) mass is 388 g/mol. The lowest BCUT2D eigenvalue weighted by Gasteiger charge is -2.36. The fourth-order valence-electron chi connectivity index (χ4n) is 3.23. The molecule has 1 fully saturated rings. The normalized spacial score (nSPS) is 15.6. The van der Waals surface area contributed by atoms with Crippen LogP contribution in [0.5, 0.6) is 5.75 Å². The van der Waals surface area contributed by atoms with Crippen LogP contribution < -0.4 is 9.64 Å². The zero-order chi connectivity index (χ0) is 19.4. The Kier molecular flexibility index (Phi) is 6.16. The molecule has 27 heavy (non-hydrogen) atoms. The van der Waals surface area contributed by atoms with Gasteiger partial charge in [0.25, 0.3) is 5.91 Å². The number of halogens is 1. The maximum atomic E-state index is 12.9. The number of nitrogens with zero attached hydrogens (tertiary/aromatic N) is 4. The Balaban J connectivity index is 1.62. The molecule has 1 aromatic carbocycles. The number of hydrogen-bond donors (Lipinski definition) is 0. The van der Waals surface area contributed by atoms with Crippen molar-refractivity contribution >= 4 is 23.5 Å². The summed E-state index contributed by atoms with van der Waals surface area (Å²) in [5.74, 6) is 1.42. The van der Waals surface area contributed by atoms with Gasteiger partial charge in [0, 0.05) is 43.6 Å². The summed E-state index contributed by atoms with van der Waals surface area (Å²) in [6.45, 7) is 8.54. The lowest BCUT2D eigenvalue weighted by Crippen LogP contribution is -2.52. The molecule has 0 radical (unpaired) electrons. The molecule has 0 aliphatic carbocycles. The molecule has 0 N–H and O–H groups in total. The number of piperazine rings is 1. The topological polar surface area (TPSA) is 58.6 Å². The Hall–Kier alpha value is -2.34. The van der Waals surface area contributed by atoms with E-state index in [1.54, 1.807) is 18.5 Å². The van der Waals surface area contributed by atoms with Crippen LogP contribution in [0.4, 0.5) is 5.95 Å². The zero-order valence-corrected chi connectivity index (χ0v) is 16.7. The molecule has 2 aromatic rings. The van der Waals surface area contributed by atoms with E-state index in [4.69, 9.17) is 16.3 Å². The molecule has 7 heteroatoms. The molecule has 1 amide bonds. The van der Waals surface area contributed by atoms with Crippen LogP contribution in [0.15, 0.2) is 30.6 Å². The number of anilines is 1. The second kappa shape index (κ2) is 8.57. The average Bonchev–Trinajstić information content (AvgIpc) is 2.70. The fourth-order valence-corrected chi connectivity index (χ4v) is 3.34. The summed E-state index contributed by atoms with van der Waals surface area (Å²) in [4.78, 5) is 25.5. The van der Waals surface area contributed by atoms with E-state index in [0.717, 1.165) is 16.1 Å². The van der Waals surface area contributed by atoms with Gasteiger partial charge in [-0.3, -0.25) is 4.79 Å². The maximum Gasteiger partial charge on any atom is 0.263 e. The van der Waals surface area contributed by atoms with E-state index in [1.807, 2.05) is 37.8 Å². The van der Waals surface area contributed by atoms with Gasteiger partial charge in [-0.2, -0.15) is 0 Å². The van der Waals surface area contributed by atoms with Crippen molar-refractivity contribution in [2.24, 2.45) is 0 Å². The van der Waals surface area contributed by atoms with E-state index in [9.17, 15) is 4.79 Å². The first-order chi connectivity index (χ1) is 13.0. The number of amides is 1. The molecular formula is C20H25ClN4O2. The average molecular weight is 389 g/mol. The van der Waals surface area contributed by atoms with Crippen LogP contribution in [0.2, 0.25) is 5.02 Å². The van der Waals surface area contributed by atoms with Gasteiger partial charge >= 0.3 is 0 Å². The first kappa shape index (κ1) is 19.4. The highest BCUT2D eigenvalue weighted by Crippen LogP contribution is 2.27. The second-order valence-electron chi connectivity index (χ2n) is 6.75. The first-order valence-electron chi connectivity index (χ1n) is 9.23. The number of hydrogen-bond acceptors (Lipinski definition) is 5. The Morgan fingerprint density at radius 3 is 2.30 bits per heavy atom. The van der Waals surface area contributed by atoms with E-state index in [2.05, 4.69) is 14.9 Å². The van der Waals surface area contributed by atoms with Crippen molar-refractivity contribution in [3.05, 3.63) is 46.7 Å². The van der Waals surface area contributed by atoms with Crippen molar-refractivity contribution < 1.29 is 9.53 Å². The molecule has 1 saturated heterocycles. The molecule has 1 aliphatic heterocycles. The molecule has 1 aromatic heterocycles. The molecule has 0 saturated carbocycles. The van der Waals surface area contributed by atoms with Crippen molar-refractivity contribution in [2.45, 2.75) is 33.3 Å². The highest BCUT2D eigenvalue weighted by molar-refractivity contribution is 6.32. The van der Waals surface area contributed by atoms with Crippen LogP contribution in [0.25, 0.3) is 0 Å². The largest absolute Gasteiger partial charge is 0.481 e. The van der Waals surface area contributed by atoms with Crippen molar-refractivity contribution in [1.82, 2.24) is 14.9 Å². The summed E-state index contributed by atoms with van der Waals surface area (Å²) in [5.41, 5.74) is 1.90.